The molecule has 0 amide bonds. The van der Waals surface area contributed by atoms with Crippen molar-refractivity contribution in [3.63, 3.8) is 0 Å². The van der Waals surface area contributed by atoms with Gasteiger partial charge in [0.05, 0.1) is 0 Å². The highest BCUT2D eigenvalue weighted by Crippen LogP contribution is 2.16. The van der Waals surface area contributed by atoms with E-state index in [1.165, 1.54) is 8.61 Å². The Bertz CT molecular complexity index is 294. The molecule has 1 aliphatic rings. The third-order valence-electron chi connectivity index (χ3n) is 2.60. The fourth-order valence-corrected chi connectivity index (χ4v) is 3.03. The lowest BCUT2D eigenvalue weighted by Gasteiger charge is -2.26. The van der Waals surface area contributed by atoms with Gasteiger partial charge >= 0.3 is 0 Å². The fourth-order valence-electron chi connectivity index (χ4n) is 1.41. The summed E-state index contributed by atoms with van der Waals surface area (Å²) in [4.78, 5) is 0. The third kappa shape index (κ3) is 3.29. The fraction of sp³-hybridized carbons (Fsp3) is 1.00. The lowest BCUT2D eigenvalue weighted by Crippen LogP contribution is -2.44. The van der Waals surface area contributed by atoms with Crippen molar-refractivity contribution in [2.45, 2.75) is 32.4 Å². The quantitative estimate of drug-likeness (QED) is 0.776. The molecule has 92 valence electrons. The smallest absolute Gasteiger partial charge is 0.282 e. The molecule has 1 atom stereocenters. The number of nitrogens with zero attached hydrogens (tertiary/aromatic N) is 2. The maximum absolute atomic E-state index is 11.9. The van der Waals surface area contributed by atoms with Crippen molar-refractivity contribution in [2.75, 3.05) is 20.1 Å². The van der Waals surface area contributed by atoms with E-state index >= 15 is 0 Å². The first kappa shape index (κ1) is 15.1. The van der Waals surface area contributed by atoms with Crippen LogP contribution in [0.4, 0.5) is 0 Å². The van der Waals surface area contributed by atoms with Gasteiger partial charge in [-0.1, -0.05) is 0 Å². The summed E-state index contributed by atoms with van der Waals surface area (Å²) >= 11 is 0. The van der Waals surface area contributed by atoms with Crippen molar-refractivity contribution in [2.24, 2.45) is 5.73 Å². The summed E-state index contributed by atoms with van der Waals surface area (Å²) in [5, 5.41) is 0. The van der Waals surface area contributed by atoms with Crippen molar-refractivity contribution < 1.29 is 8.42 Å². The van der Waals surface area contributed by atoms with Crippen LogP contribution in [0.15, 0.2) is 0 Å². The zero-order valence-electron chi connectivity index (χ0n) is 9.38. The number of halogens is 1. The molecule has 0 aromatic heterocycles. The second-order valence-corrected chi connectivity index (χ2v) is 6.01. The number of hydrogen-bond acceptors (Lipinski definition) is 3. The molecule has 0 aliphatic carbocycles. The predicted molar refractivity (Wildman–Crippen MR) is 63.2 cm³/mol. The molecule has 5 nitrogen and oxygen atoms in total. The Morgan fingerprint density at radius 3 is 2.33 bits per heavy atom. The highest BCUT2D eigenvalue weighted by atomic mass is 35.5. The summed E-state index contributed by atoms with van der Waals surface area (Å²) in [6.45, 7) is 4.70. The summed E-state index contributed by atoms with van der Waals surface area (Å²) in [7, 11) is -1.68. The van der Waals surface area contributed by atoms with Gasteiger partial charge in [0.15, 0.2) is 0 Å². The highest BCUT2D eigenvalue weighted by Gasteiger charge is 2.33. The van der Waals surface area contributed by atoms with E-state index in [-0.39, 0.29) is 24.5 Å². The van der Waals surface area contributed by atoms with Gasteiger partial charge in [-0.15, -0.1) is 12.4 Å². The minimum atomic E-state index is -3.28. The second-order valence-electron chi connectivity index (χ2n) is 4.02. The minimum absolute atomic E-state index is 0. The molecule has 1 heterocycles. The van der Waals surface area contributed by atoms with Crippen LogP contribution in [0.2, 0.25) is 0 Å². The van der Waals surface area contributed by atoms with Crippen LogP contribution in [-0.2, 0) is 10.2 Å². The van der Waals surface area contributed by atoms with Crippen LogP contribution in [-0.4, -0.2) is 49.2 Å². The molecule has 0 bridgehead atoms. The first-order chi connectivity index (χ1) is 6.35. The topological polar surface area (TPSA) is 66.6 Å². The Morgan fingerprint density at radius 2 is 2.00 bits per heavy atom. The Labute approximate surface area is 98.2 Å². The molecule has 0 aromatic rings. The lowest BCUT2D eigenvalue weighted by molar-refractivity contribution is 0.358. The van der Waals surface area contributed by atoms with Crippen LogP contribution in [0.1, 0.15) is 20.3 Å². The van der Waals surface area contributed by atoms with Crippen molar-refractivity contribution in [3.05, 3.63) is 0 Å². The summed E-state index contributed by atoms with van der Waals surface area (Å²) in [6, 6.07) is -0.0258. The van der Waals surface area contributed by atoms with Crippen LogP contribution in [0.3, 0.4) is 0 Å². The Hall–Kier alpha value is 0.120. The van der Waals surface area contributed by atoms with Gasteiger partial charge in [0.25, 0.3) is 10.2 Å². The SMILES string of the molecule is CC(C)N(C)S(=O)(=O)N1CC[C@@H](N)C1.Cl. The molecule has 7 heteroatoms. The van der Waals surface area contributed by atoms with Gasteiger partial charge in [0.2, 0.25) is 0 Å². The summed E-state index contributed by atoms with van der Waals surface area (Å²) in [5.74, 6) is 0. The average Bonchev–Trinajstić information content (AvgIpc) is 2.50. The van der Waals surface area contributed by atoms with Crippen LogP contribution in [0.5, 0.6) is 0 Å². The maximum atomic E-state index is 11.9. The molecule has 0 aromatic carbocycles. The first-order valence-electron chi connectivity index (χ1n) is 4.84. The molecule has 2 N–H and O–H groups in total. The van der Waals surface area contributed by atoms with Gasteiger partial charge in [-0.25, -0.2) is 0 Å². The zero-order valence-corrected chi connectivity index (χ0v) is 11.0. The Morgan fingerprint density at radius 1 is 1.47 bits per heavy atom. The van der Waals surface area contributed by atoms with Gasteiger partial charge in [0.1, 0.15) is 0 Å². The number of rotatable bonds is 3. The molecule has 1 aliphatic heterocycles. The largest absolute Gasteiger partial charge is 0.326 e. The lowest BCUT2D eigenvalue weighted by atomic mass is 10.3. The Balaban J connectivity index is 0.00000196. The third-order valence-corrected chi connectivity index (χ3v) is 4.74. The number of nitrogens with two attached hydrogens (primary N) is 1. The van der Waals surface area contributed by atoms with Crippen LogP contribution < -0.4 is 5.73 Å². The van der Waals surface area contributed by atoms with Gasteiger partial charge in [-0.2, -0.15) is 17.0 Å². The van der Waals surface area contributed by atoms with Crippen molar-refractivity contribution in [1.82, 2.24) is 8.61 Å². The van der Waals surface area contributed by atoms with Crippen LogP contribution in [0, 0.1) is 0 Å². The molecule has 0 radical (unpaired) electrons. The normalized spacial score (nSPS) is 23.5. The molecule has 0 saturated carbocycles. The van der Waals surface area contributed by atoms with E-state index in [4.69, 9.17) is 5.73 Å². The standard InChI is InChI=1S/C8H19N3O2S.ClH/c1-7(2)10(3)14(12,13)11-5-4-8(9)6-11;/h7-8H,4-6,9H2,1-3H3;1H/t8-;/m1./s1. The van der Waals surface area contributed by atoms with Crippen molar-refractivity contribution in [1.29, 1.82) is 0 Å². The van der Waals surface area contributed by atoms with Gasteiger partial charge in [-0.3, -0.25) is 0 Å². The molecule has 0 unspecified atom stereocenters. The minimum Gasteiger partial charge on any atom is -0.326 e. The summed E-state index contributed by atoms with van der Waals surface area (Å²) in [5.41, 5.74) is 5.67. The zero-order chi connectivity index (χ0) is 10.9. The van der Waals surface area contributed by atoms with Crippen LogP contribution >= 0.6 is 12.4 Å². The van der Waals surface area contributed by atoms with E-state index in [1.807, 2.05) is 13.8 Å². The van der Waals surface area contributed by atoms with Gasteiger partial charge in [0, 0.05) is 32.2 Å². The summed E-state index contributed by atoms with van der Waals surface area (Å²) < 4.78 is 26.7. The van der Waals surface area contributed by atoms with E-state index in [2.05, 4.69) is 0 Å². The number of hydrogen-bond donors (Lipinski definition) is 1. The van der Waals surface area contributed by atoms with Gasteiger partial charge < -0.3 is 5.73 Å². The molecule has 1 fully saturated rings. The first-order valence-corrected chi connectivity index (χ1v) is 6.24. The van der Waals surface area contributed by atoms with E-state index in [9.17, 15) is 8.42 Å². The molecule has 1 rings (SSSR count). The molecule has 0 spiro atoms. The molecular weight excluding hydrogens is 238 g/mol. The van der Waals surface area contributed by atoms with Crippen molar-refractivity contribution >= 4 is 22.6 Å². The average molecular weight is 258 g/mol. The molecular formula is C8H20ClN3O2S. The van der Waals surface area contributed by atoms with E-state index in [1.54, 1.807) is 7.05 Å². The highest BCUT2D eigenvalue weighted by molar-refractivity contribution is 7.86. The second kappa shape index (κ2) is 5.45. The molecule has 15 heavy (non-hydrogen) atoms. The van der Waals surface area contributed by atoms with Crippen LogP contribution in [0.25, 0.3) is 0 Å². The van der Waals surface area contributed by atoms with Gasteiger partial charge in [-0.05, 0) is 20.3 Å². The van der Waals surface area contributed by atoms with E-state index < -0.39 is 10.2 Å². The monoisotopic (exact) mass is 257 g/mol. The van der Waals surface area contributed by atoms with E-state index in [0.717, 1.165) is 6.42 Å². The Kier molecular flexibility index (Phi) is 5.49. The van der Waals surface area contributed by atoms with E-state index in [0.29, 0.717) is 13.1 Å². The predicted octanol–water partition coefficient (Wildman–Crippen LogP) is 0.0262. The maximum Gasteiger partial charge on any atom is 0.282 e. The molecule has 1 saturated heterocycles. The summed E-state index contributed by atoms with van der Waals surface area (Å²) in [6.07, 6.45) is 0.755. The van der Waals surface area contributed by atoms with Crippen molar-refractivity contribution in [3.8, 4) is 0 Å².